The van der Waals surface area contributed by atoms with Crippen LogP contribution in [0.15, 0.2) is 53.4 Å². The van der Waals surface area contributed by atoms with Crippen molar-refractivity contribution in [1.29, 1.82) is 0 Å². The first-order valence-corrected chi connectivity index (χ1v) is 8.75. The molecule has 0 radical (unpaired) electrons. The van der Waals surface area contributed by atoms with E-state index in [9.17, 15) is 4.79 Å². The summed E-state index contributed by atoms with van der Waals surface area (Å²) >= 11 is 6.78. The van der Waals surface area contributed by atoms with Crippen molar-refractivity contribution in [3.63, 3.8) is 0 Å². The van der Waals surface area contributed by atoms with E-state index < -0.39 is 0 Å². The number of carbonyl (C=O) groups is 1. The van der Waals surface area contributed by atoms with Crippen LogP contribution in [0.3, 0.4) is 0 Å². The molecule has 1 aliphatic rings. The maximum atomic E-state index is 12.7. The van der Waals surface area contributed by atoms with Crippen molar-refractivity contribution in [2.75, 3.05) is 4.90 Å². The number of rotatable bonds is 3. The Morgan fingerprint density at radius 1 is 1.13 bits per heavy atom. The number of thioether (sulfide) groups is 1. The van der Waals surface area contributed by atoms with Gasteiger partial charge in [0.05, 0.1) is 10.6 Å². The minimum absolute atomic E-state index is 0.0473. The quantitative estimate of drug-likeness (QED) is 0.582. The van der Waals surface area contributed by atoms with Gasteiger partial charge in [-0.15, -0.1) is 0 Å². The number of anilines is 1. The summed E-state index contributed by atoms with van der Waals surface area (Å²) in [4.78, 5) is 15.0. The lowest BCUT2D eigenvalue weighted by Crippen LogP contribution is -2.28. The van der Waals surface area contributed by atoms with Crippen LogP contribution in [0.25, 0.3) is 6.08 Å². The lowest BCUT2D eigenvalue weighted by atomic mass is 10.1. The first-order chi connectivity index (χ1) is 11.1. The molecule has 0 saturated carbocycles. The Kier molecular flexibility index (Phi) is 4.64. The topological polar surface area (TPSA) is 20.3 Å². The van der Waals surface area contributed by atoms with Gasteiger partial charge in [0, 0.05) is 0 Å². The Balaban J connectivity index is 1.91. The molecule has 0 unspecified atom stereocenters. The molecule has 4 heteroatoms. The van der Waals surface area contributed by atoms with Crippen molar-refractivity contribution in [2.24, 2.45) is 0 Å². The van der Waals surface area contributed by atoms with Crippen LogP contribution in [0.5, 0.6) is 0 Å². The van der Waals surface area contributed by atoms with Crippen LogP contribution in [0.1, 0.15) is 23.6 Å². The monoisotopic (exact) mass is 339 g/mol. The Bertz CT molecular complexity index is 793. The summed E-state index contributed by atoms with van der Waals surface area (Å²) < 4.78 is 0.584. The predicted molar refractivity (Wildman–Crippen MR) is 103 cm³/mol. The van der Waals surface area contributed by atoms with E-state index >= 15 is 0 Å². The van der Waals surface area contributed by atoms with Gasteiger partial charge in [-0.05, 0) is 42.2 Å². The molecule has 0 aromatic heterocycles. The molecular weight excluding hydrogens is 322 g/mol. The number of carbonyl (C=O) groups excluding carboxylic acids is 1. The molecular formula is C19H17NOS2. The van der Waals surface area contributed by atoms with Gasteiger partial charge in [0.1, 0.15) is 0 Å². The third-order valence-corrected chi connectivity index (χ3v) is 5.14. The molecule has 0 N–H and O–H groups in total. The lowest BCUT2D eigenvalue weighted by Gasteiger charge is -2.16. The van der Waals surface area contributed by atoms with E-state index in [1.54, 1.807) is 4.90 Å². The minimum atomic E-state index is -0.0473. The highest BCUT2D eigenvalue weighted by Gasteiger charge is 2.33. The van der Waals surface area contributed by atoms with Gasteiger partial charge >= 0.3 is 0 Å². The number of aryl methyl sites for hydroxylation is 2. The van der Waals surface area contributed by atoms with Gasteiger partial charge in [0.25, 0.3) is 5.91 Å². The minimum Gasteiger partial charge on any atom is -0.268 e. The maximum Gasteiger partial charge on any atom is 0.270 e. The predicted octanol–water partition coefficient (Wildman–Crippen LogP) is 4.96. The standard InChI is InChI=1S/C19H17NOS2/c1-3-14-8-10-15(11-9-14)12-17-18(21)20(19(22)23-17)16-7-5-4-6-13(16)2/h4-12H,3H2,1-2H3/b17-12+. The normalized spacial score (nSPS) is 16.4. The van der Waals surface area contributed by atoms with Crippen LogP contribution in [0.4, 0.5) is 5.69 Å². The average Bonchev–Trinajstić information content (AvgIpc) is 2.83. The maximum absolute atomic E-state index is 12.7. The summed E-state index contributed by atoms with van der Waals surface area (Å²) in [6.07, 6.45) is 2.92. The second-order valence-electron chi connectivity index (χ2n) is 5.40. The molecule has 2 nitrogen and oxygen atoms in total. The summed E-state index contributed by atoms with van der Waals surface area (Å²) in [6.45, 7) is 4.11. The van der Waals surface area contributed by atoms with Crippen LogP contribution >= 0.6 is 24.0 Å². The highest BCUT2D eigenvalue weighted by Crippen LogP contribution is 2.37. The number of hydrogen-bond acceptors (Lipinski definition) is 3. The number of thiocarbonyl (C=S) groups is 1. The number of amides is 1. The third-order valence-electron chi connectivity index (χ3n) is 3.84. The smallest absolute Gasteiger partial charge is 0.268 e. The molecule has 2 aromatic carbocycles. The molecule has 0 spiro atoms. The molecule has 1 aliphatic heterocycles. The lowest BCUT2D eigenvalue weighted by molar-refractivity contribution is -0.113. The molecule has 116 valence electrons. The molecule has 3 rings (SSSR count). The summed E-state index contributed by atoms with van der Waals surface area (Å²) in [5.41, 5.74) is 4.21. The average molecular weight is 339 g/mol. The SMILES string of the molecule is CCc1ccc(/C=C2/SC(=S)N(c3ccccc3C)C2=O)cc1. The summed E-state index contributed by atoms with van der Waals surface area (Å²) in [7, 11) is 0. The van der Waals surface area contributed by atoms with Crippen molar-refractivity contribution in [2.45, 2.75) is 20.3 Å². The van der Waals surface area contributed by atoms with Gasteiger partial charge < -0.3 is 0 Å². The van der Waals surface area contributed by atoms with Gasteiger partial charge in [0.15, 0.2) is 4.32 Å². The Morgan fingerprint density at radius 2 is 1.83 bits per heavy atom. The molecule has 1 heterocycles. The molecule has 0 bridgehead atoms. The van der Waals surface area contributed by atoms with Gasteiger partial charge in [-0.1, -0.05) is 73.4 Å². The van der Waals surface area contributed by atoms with Crippen molar-refractivity contribution in [1.82, 2.24) is 0 Å². The van der Waals surface area contributed by atoms with E-state index in [1.807, 2.05) is 49.4 Å². The molecule has 1 saturated heterocycles. The zero-order chi connectivity index (χ0) is 16.4. The molecule has 23 heavy (non-hydrogen) atoms. The summed E-state index contributed by atoms with van der Waals surface area (Å²) in [5, 5.41) is 0. The summed E-state index contributed by atoms with van der Waals surface area (Å²) in [5.74, 6) is -0.0473. The number of hydrogen-bond donors (Lipinski definition) is 0. The first kappa shape index (κ1) is 16.0. The van der Waals surface area contributed by atoms with E-state index in [-0.39, 0.29) is 5.91 Å². The molecule has 1 amide bonds. The fourth-order valence-electron chi connectivity index (χ4n) is 2.49. The number of benzene rings is 2. The van der Waals surface area contributed by atoms with E-state index in [1.165, 1.54) is 17.3 Å². The highest BCUT2D eigenvalue weighted by atomic mass is 32.2. The second kappa shape index (κ2) is 6.69. The zero-order valence-corrected chi connectivity index (χ0v) is 14.7. The van der Waals surface area contributed by atoms with Crippen LogP contribution < -0.4 is 4.90 Å². The third kappa shape index (κ3) is 3.23. The largest absolute Gasteiger partial charge is 0.270 e. The highest BCUT2D eigenvalue weighted by molar-refractivity contribution is 8.27. The van der Waals surface area contributed by atoms with Crippen molar-refractivity contribution in [3.05, 3.63) is 70.1 Å². The van der Waals surface area contributed by atoms with Crippen molar-refractivity contribution < 1.29 is 4.79 Å². The Hall–Kier alpha value is -1.91. The first-order valence-electron chi connectivity index (χ1n) is 7.52. The van der Waals surface area contributed by atoms with E-state index in [0.717, 1.165) is 23.2 Å². The van der Waals surface area contributed by atoms with Crippen LogP contribution in [0.2, 0.25) is 0 Å². The second-order valence-corrected chi connectivity index (χ2v) is 7.07. The fourth-order valence-corrected chi connectivity index (χ4v) is 3.78. The summed E-state index contributed by atoms with van der Waals surface area (Å²) in [6, 6.07) is 16.1. The van der Waals surface area contributed by atoms with Crippen LogP contribution in [-0.2, 0) is 11.2 Å². The van der Waals surface area contributed by atoms with Gasteiger partial charge in [-0.25, -0.2) is 0 Å². The Labute approximate surface area is 146 Å². The zero-order valence-electron chi connectivity index (χ0n) is 13.1. The number of para-hydroxylation sites is 1. The van der Waals surface area contributed by atoms with E-state index in [0.29, 0.717) is 9.23 Å². The molecule has 0 aliphatic carbocycles. The fraction of sp³-hybridized carbons (Fsp3) is 0.158. The van der Waals surface area contributed by atoms with Crippen LogP contribution in [-0.4, -0.2) is 10.2 Å². The molecule has 2 aromatic rings. The van der Waals surface area contributed by atoms with Crippen molar-refractivity contribution >= 4 is 46.0 Å². The van der Waals surface area contributed by atoms with Gasteiger partial charge in [-0.3, -0.25) is 9.69 Å². The van der Waals surface area contributed by atoms with E-state index in [4.69, 9.17) is 12.2 Å². The molecule has 0 atom stereocenters. The van der Waals surface area contributed by atoms with Crippen LogP contribution in [0, 0.1) is 6.92 Å². The Morgan fingerprint density at radius 3 is 2.48 bits per heavy atom. The molecule has 1 fully saturated rings. The van der Waals surface area contributed by atoms with E-state index in [2.05, 4.69) is 19.1 Å². The number of nitrogens with zero attached hydrogens (tertiary/aromatic N) is 1. The van der Waals surface area contributed by atoms with Gasteiger partial charge in [0.2, 0.25) is 0 Å². The van der Waals surface area contributed by atoms with Gasteiger partial charge in [-0.2, -0.15) is 0 Å². The van der Waals surface area contributed by atoms with Crippen molar-refractivity contribution in [3.8, 4) is 0 Å².